The Labute approximate surface area is 197 Å². The SMILES string of the molecule is C=C/C=C\C(=C/Cc1ccccc1CCC(=C)CC=C)CC.CC/C=C\CC1=CCC=C1. The Hall–Kier alpha value is -2.86. The highest BCUT2D eigenvalue weighted by Crippen LogP contribution is 2.17. The Kier molecular flexibility index (Phi) is 15.1. The van der Waals surface area contributed by atoms with Crippen LogP contribution in [0.5, 0.6) is 0 Å². The molecule has 1 aromatic carbocycles. The molecule has 0 aliphatic heterocycles. The molecule has 0 aromatic heterocycles. The van der Waals surface area contributed by atoms with Crippen molar-refractivity contribution in [3.63, 3.8) is 0 Å². The maximum absolute atomic E-state index is 4.11. The van der Waals surface area contributed by atoms with E-state index in [0.717, 1.165) is 51.4 Å². The summed E-state index contributed by atoms with van der Waals surface area (Å²) in [5.74, 6) is 0. The van der Waals surface area contributed by atoms with Gasteiger partial charge in [0, 0.05) is 0 Å². The molecule has 170 valence electrons. The van der Waals surface area contributed by atoms with Gasteiger partial charge >= 0.3 is 0 Å². The lowest BCUT2D eigenvalue weighted by molar-refractivity contribution is 0.902. The molecular weight excluding hydrogens is 384 g/mol. The zero-order valence-corrected chi connectivity index (χ0v) is 20.4. The van der Waals surface area contributed by atoms with E-state index in [2.05, 4.69) is 100 Å². The second kappa shape index (κ2) is 17.8. The molecule has 0 atom stereocenters. The van der Waals surface area contributed by atoms with Crippen LogP contribution in [0.15, 0.2) is 121 Å². The lowest BCUT2D eigenvalue weighted by Gasteiger charge is -2.09. The van der Waals surface area contributed by atoms with E-state index in [1.165, 1.54) is 27.8 Å². The van der Waals surface area contributed by atoms with Crippen molar-refractivity contribution in [2.45, 2.75) is 65.2 Å². The fourth-order valence-corrected chi connectivity index (χ4v) is 3.43. The molecule has 0 bridgehead atoms. The van der Waals surface area contributed by atoms with Crippen molar-refractivity contribution >= 4 is 0 Å². The van der Waals surface area contributed by atoms with E-state index in [1.807, 2.05) is 18.2 Å². The summed E-state index contributed by atoms with van der Waals surface area (Å²) in [6, 6.07) is 8.70. The lowest BCUT2D eigenvalue weighted by atomic mass is 9.96. The molecule has 0 heteroatoms. The molecule has 0 unspecified atom stereocenters. The van der Waals surface area contributed by atoms with Gasteiger partial charge in [0.2, 0.25) is 0 Å². The monoisotopic (exact) mass is 426 g/mol. The minimum Gasteiger partial charge on any atom is -0.103 e. The fraction of sp³-hybridized carbons (Fsp3) is 0.312. The second-order valence-electron chi connectivity index (χ2n) is 7.94. The smallest absolute Gasteiger partial charge is 0.00889 e. The van der Waals surface area contributed by atoms with Crippen molar-refractivity contribution in [1.29, 1.82) is 0 Å². The Morgan fingerprint density at radius 3 is 2.44 bits per heavy atom. The molecule has 0 spiro atoms. The van der Waals surface area contributed by atoms with Crippen LogP contribution in [0.25, 0.3) is 0 Å². The van der Waals surface area contributed by atoms with Gasteiger partial charge < -0.3 is 0 Å². The number of hydrogen-bond donors (Lipinski definition) is 0. The van der Waals surface area contributed by atoms with Crippen LogP contribution in [-0.4, -0.2) is 0 Å². The molecule has 0 amide bonds. The van der Waals surface area contributed by atoms with Gasteiger partial charge in [-0.1, -0.05) is 123 Å². The Balaban J connectivity index is 0.000000425. The predicted molar refractivity (Wildman–Crippen MR) is 146 cm³/mol. The number of rotatable bonds is 13. The van der Waals surface area contributed by atoms with Crippen LogP contribution < -0.4 is 0 Å². The van der Waals surface area contributed by atoms with E-state index in [0.29, 0.717) is 0 Å². The average molecular weight is 427 g/mol. The number of aryl methyl sites for hydroxylation is 1. The number of allylic oxidation sites excluding steroid dienone is 13. The first kappa shape index (κ1) is 27.2. The minimum atomic E-state index is 0.911. The molecule has 1 aliphatic rings. The summed E-state index contributed by atoms with van der Waals surface area (Å²) in [6.45, 7) is 16.0. The van der Waals surface area contributed by atoms with Crippen LogP contribution >= 0.6 is 0 Å². The van der Waals surface area contributed by atoms with Crippen LogP contribution in [0, 0.1) is 0 Å². The van der Waals surface area contributed by atoms with Gasteiger partial charge in [0.25, 0.3) is 0 Å². The fourth-order valence-electron chi connectivity index (χ4n) is 3.43. The molecule has 0 heterocycles. The number of benzene rings is 1. The molecule has 0 saturated carbocycles. The zero-order valence-electron chi connectivity index (χ0n) is 20.4. The summed E-state index contributed by atoms with van der Waals surface area (Å²) in [6.07, 6.45) is 29.8. The maximum atomic E-state index is 4.11. The van der Waals surface area contributed by atoms with E-state index in [9.17, 15) is 0 Å². The van der Waals surface area contributed by atoms with Crippen LogP contribution in [0.4, 0.5) is 0 Å². The highest BCUT2D eigenvalue weighted by atomic mass is 14.1. The molecule has 0 fully saturated rings. The summed E-state index contributed by atoms with van der Waals surface area (Å²) < 4.78 is 0. The van der Waals surface area contributed by atoms with Gasteiger partial charge in [-0.15, -0.1) is 6.58 Å². The van der Waals surface area contributed by atoms with Crippen LogP contribution in [0.2, 0.25) is 0 Å². The van der Waals surface area contributed by atoms with Gasteiger partial charge in [-0.3, -0.25) is 0 Å². The Morgan fingerprint density at radius 1 is 1.03 bits per heavy atom. The summed E-state index contributed by atoms with van der Waals surface area (Å²) in [4.78, 5) is 0. The number of hydrogen-bond acceptors (Lipinski definition) is 0. The first-order chi connectivity index (χ1) is 15.6. The summed E-state index contributed by atoms with van der Waals surface area (Å²) in [7, 11) is 0. The second-order valence-corrected chi connectivity index (χ2v) is 7.94. The zero-order chi connectivity index (χ0) is 23.4. The topological polar surface area (TPSA) is 0 Å². The van der Waals surface area contributed by atoms with Crippen LogP contribution in [0.3, 0.4) is 0 Å². The van der Waals surface area contributed by atoms with Gasteiger partial charge in [-0.2, -0.15) is 0 Å². The molecular formula is C32H42. The van der Waals surface area contributed by atoms with Crippen molar-refractivity contribution < 1.29 is 0 Å². The van der Waals surface area contributed by atoms with E-state index in [1.54, 1.807) is 0 Å². The molecule has 1 aliphatic carbocycles. The molecule has 1 aromatic rings. The standard InChI is InChI=1S/C22H28.C10H14/c1-5-8-12-20(7-3)16-18-22-14-10-9-13-21(22)17-15-19(4)11-6-2;1-2-3-4-7-10-8-5-6-9-10/h5-6,8-10,12-14,16H,1-2,4,7,11,15,17-18H2,3H3;3-5,8-9H,2,6-7H2,1H3/b12-8-,20-16-;4-3-. The third-order valence-electron chi connectivity index (χ3n) is 5.34. The van der Waals surface area contributed by atoms with E-state index in [-0.39, 0.29) is 0 Å². The molecule has 2 rings (SSSR count). The summed E-state index contributed by atoms with van der Waals surface area (Å²) >= 11 is 0. The molecule has 0 N–H and O–H groups in total. The highest BCUT2D eigenvalue weighted by molar-refractivity contribution is 5.32. The minimum absolute atomic E-state index is 0.911. The van der Waals surface area contributed by atoms with Gasteiger partial charge in [0.15, 0.2) is 0 Å². The third kappa shape index (κ3) is 12.1. The van der Waals surface area contributed by atoms with Gasteiger partial charge in [0.05, 0.1) is 0 Å². The molecule has 0 nitrogen and oxygen atoms in total. The van der Waals surface area contributed by atoms with Gasteiger partial charge in [-0.05, 0) is 68.1 Å². The van der Waals surface area contributed by atoms with Crippen molar-refractivity contribution in [3.8, 4) is 0 Å². The predicted octanol–water partition coefficient (Wildman–Crippen LogP) is 9.60. The first-order valence-corrected chi connectivity index (χ1v) is 12.0. The summed E-state index contributed by atoms with van der Waals surface area (Å²) in [5, 5.41) is 0. The quantitative estimate of drug-likeness (QED) is 0.217. The first-order valence-electron chi connectivity index (χ1n) is 12.0. The Bertz CT molecular complexity index is 852. The van der Waals surface area contributed by atoms with Crippen molar-refractivity contribution in [2.24, 2.45) is 0 Å². The normalized spacial score (nSPS) is 13.2. The van der Waals surface area contributed by atoms with Gasteiger partial charge in [-0.25, -0.2) is 0 Å². The van der Waals surface area contributed by atoms with Crippen molar-refractivity contribution in [1.82, 2.24) is 0 Å². The van der Waals surface area contributed by atoms with Crippen molar-refractivity contribution in [2.75, 3.05) is 0 Å². The van der Waals surface area contributed by atoms with E-state index < -0.39 is 0 Å². The molecule has 0 saturated heterocycles. The van der Waals surface area contributed by atoms with Gasteiger partial charge in [0.1, 0.15) is 0 Å². The highest BCUT2D eigenvalue weighted by Gasteiger charge is 2.02. The molecule has 0 radical (unpaired) electrons. The van der Waals surface area contributed by atoms with Crippen LogP contribution in [0.1, 0.15) is 63.5 Å². The Morgan fingerprint density at radius 2 is 1.81 bits per heavy atom. The van der Waals surface area contributed by atoms with E-state index in [4.69, 9.17) is 0 Å². The average Bonchev–Trinajstić information content (AvgIpc) is 3.33. The molecule has 32 heavy (non-hydrogen) atoms. The lowest BCUT2D eigenvalue weighted by Crippen LogP contribution is -1.95. The maximum Gasteiger partial charge on any atom is -0.00889 e. The summed E-state index contributed by atoms with van der Waals surface area (Å²) in [5.41, 5.74) is 6.90. The van der Waals surface area contributed by atoms with E-state index >= 15 is 0 Å². The van der Waals surface area contributed by atoms with Crippen molar-refractivity contribution in [3.05, 3.63) is 133 Å². The van der Waals surface area contributed by atoms with Crippen LogP contribution in [-0.2, 0) is 12.8 Å². The largest absolute Gasteiger partial charge is 0.103 e. The third-order valence-corrected chi connectivity index (χ3v) is 5.34.